The fourth-order valence-electron chi connectivity index (χ4n) is 3.85. The van der Waals surface area contributed by atoms with Crippen LogP contribution in [0.3, 0.4) is 0 Å². The molecule has 1 N–H and O–H groups in total. The summed E-state index contributed by atoms with van der Waals surface area (Å²) in [7, 11) is -3.27. The molecule has 0 aromatic carbocycles. The number of pyridine rings is 2. The molecule has 4 heterocycles. The Hall–Kier alpha value is -3.25. The van der Waals surface area contributed by atoms with Gasteiger partial charge in [0.1, 0.15) is 17.2 Å². The van der Waals surface area contributed by atoms with E-state index in [1.807, 2.05) is 13.8 Å². The molecule has 1 aliphatic carbocycles. The van der Waals surface area contributed by atoms with Gasteiger partial charge in [-0.25, -0.2) is 18.1 Å². The molecule has 0 saturated heterocycles. The summed E-state index contributed by atoms with van der Waals surface area (Å²) in [6.45, 7) is 4.64. The van der Waals surface area contributed by atoms with E-state index in [2.05, 4.69) is 30.8 Å². The van der Waals surface area contributed by atoms with Gasteiger partial charge in [0.15, 0.2) is 0 Å². The molecule has 11 nitrogen and oxygen atoms in total. The second kappa shape index (κ2) is 8.27. The Bertz CT molecular complexity index is 1320. The Morgan fingerprint density at radius 2 is 2.03 bits per heavy atom. The lowest BCUT2D eigenvalue weighted by atomic mass is 10.0. The number of anilines is 1. The molecule has 1 fully saturated rings. The van der Waals surface area contributed by atoms with E-state index in [1.54, 1.807) is 35.1 Å². The maximum Gasteiger partial charge on any atom is 0.275 e. The number of sulfonamides is 1. The number of rotatable bonds is 6. The normalized spacial score (nSPS) is 16.6. The first kappa shape index (κ1) is 21.6. The molecule has 5 rings (SSSR count). The highest BCUT2D eigenvalue weighted by molar-refractivity contribution is 7.90. The van der Waals surface area contributed by atoms with Crippen LogP contribution < -0.4 is 5.32 Å². The molecule has 3 aromatic heterocycles. The Kier molecular flexibility index (Phi) is 5.41. The third-order valence-electron chi connectivity index (χ3n) is 5.80. The summed E-state index contributed by atoms with van der Waals surface area (Å²) < 4.78 is 28.4. The van der Waals surface area contributed by atoms with Crippen LogP contribution in [0.4, 0.5) is 5.82 Å². The summed E-state index contributed by atoms with van der Waals surface area (Å²) in [5.41, 5.74) is 2.52. The largest absolute Gasteiger partial charge is 0.305 e. The first-order valence-corrected chi connectivity index (χ1v) is 12.4. The molecular weight excluding hydrogens is 444 g/mol. The Labute approximate surface area is 191 Å². The average molecular weight is 469 g/mol. The first-order chi connectivity index (χ1) is 15.8. The second-order valence-electron chi connectivity index (χ2n) is 8.57. The summed E-state index contributed by atoms with van der Waals surface area (Å²) >= 11 is 0. The molecule has 0 bridgehead atoms. The van der Waals surface area contributed by atoms with E-state index in [0.29, 0.717) is 30.3 Å². The standard InChI is InChI=1S/C21H24N8O3S/c1-13(2)29-20(25-26-27-29)17-4-3-5-19(23-17)24-21(30)18-10-15-12-28(9-8-14(15)11-22-18)33(31,32)16-6-7-16/h3-5,10-11,13,16H,6-9,12H2,1-2H3,(H,23,24,30). The molecule has 33 heavy (non-hydrogen) atoms. The van der Waals surface area contributed by atoms with Crippen molar-refractivity contribution in [2.24, 2.45) is 0 Å². The molecule has 1 amide bonds. The zero-order valence-electron chi connectivity index (χ0n) is 18.3. The van der Waals surface area contributed by atoms with Gasteiger partial charge in [0.25, 0.3) is 5.91 Å². The lowest BCUT2D eigenvalue weighted by Gasteiger charge is -2.28. The Balaban J connectivity index is 1.35. The maximum absolute atomic E-state index is 12.9. The third kappa shape index (κ3) is 4.23. The van der Waals surface area contributed by atoms with Crippen LogP contribution in [0.2, 0.25) is 0 Å². The number of hydrogen-bond acceptors (Lipinski definition) is 8. The molecule has 172 valence electrons. The van der Waals surface area contributed by atoms with Gasteiger partial charge in [0, 0.05) is 19.3 Å². The number of carbonyl (C=O) groups is 1. The number of fused-ring (bicyclic) bond motifs is 1. The predicted molar refractivity (Wildman–Crippen MR) is 120 cm³/mol. The van der Waals surface area contributed by atoms with Crippen LogP contribution in [0.5, 0.6) is 0 Å². The average Bonchev–Trinajstić information content (AvgIpc) is 3.55. The summed E-state index contributed by atoms with van der Waals surface area (Å²) in [6, 6.07) is 6.93. The van der Waals surface area contributed by atoms with Crippen LogP contribution in [-0.4, -0.2) is 60.6 Å². The zero-order valence-corrected chi connectivity index (χ0v) is 19.2. The molecule has 1 saturated carbocycles. The molecule has 0 spiro atoms. The van der Waals surface area contributed by atoms with Crippen LogP contribution >= 0.6 is 0 Å². The van der Waals surface area contributed by atoms with Gasteiger partial charge in [-0.3, -0.25) is 9.78 Å². The third-order valence-corrected chi connectivity index (χ3v) is 8.15. The van der Waals surface area contributed by atoms with E-state index >= 15 is 0 Å². The molecular formula is C21H24N8O3S. The van der Waals surface area contributed by atoms with Gasteiger partial charge in [-0.2, -0.15) is 4.31 Å². The van der Waals surface area contributed by atoms with Crippen LogP contribution in [0.25, 0.3) is 11.5 Å². The van der Waals surface area contributed by atoms with Gasteiger partial charge < -0.3 is 5.32 Å². The molecule has 0 atom stereocenters. The highest BCUT2D eigenvalue weighted by Gasteiger charge is 2.41. The van der Waals surface area contributed by atoms with E-state index in [4.69, 9.17) is 0 Å². The number of hydrogen-bond donors (Lipinski definition) is 1. The number of amides is 1. The van der Waals surface area contributed by atoms with Gasteiger partial charge in [0.05, 0.1) is 11.3 Å². The number of carbonyl (C=O) groups excluding carboxylic acids is 1. The smallest absolute Gasteiger partial charge is 0.275 e. The summed E-state index contributed by atoms with van der Waals surface area (Å²) in [5, 5.41) is 14.2. The van der Waals surface area contributed by atoms with E-state index < -0.39 is 15.9 Å². The van der Waals surface area contributed by atoms with Crippen LogP contribution in [-0.2, 0) is 23.0 Å². The highest BCUT2D eigenvalue weighted by atomic mass is 32.2. The highest BCUT2D eigenvalue weighted by Crippen LogP contribution is 2.33. The van der Waals surface area contributed by atoms with Gasteiger partial charge in [-0.15, -0.1) is 5.10 Å². The van der Waals surface area contributed by atoms with Crippen molar-refractivity contribution >= 4 is 21.7 Å². The quantitative estimate of drug-likeness (QED) is 0.578. The monoisotopic (exact) mass is 468 g/mol. The van der Waals surface area contributed by atoms with E-state index in [0.717, 1.165) is 24.0 Å². The number of tetrazole rings is 1. The molecule has 3 aromatic rings. The SMILES string of the molecule is CC(C)n1nnnc1-c1cccc(NC(=O)c2cc3c(cn2)CCN(S(=O)(=O)C2CC2)C3)n1. The van der Waals surface area contributed by atoms with Crippen molar-refractivity contribution in [3.05, 3.63) is 47.3 Å². The van der Waals surface area contributed by atoms with Gasteiger partial charge in [-0.05, 0) is 72.9 Å². The van der Waals surface area contributed by atoms with Crippen LogP contribution in [0.15, 0.2) is 30.5 Å². The lowest BCUT2D eigenvalue weighted by Crippen LogP contribution is -2.38. The van der Waals surface area contributed by atoms with Gasteiger partial charge >= 0.3 is 0 Å². The predicted octanol–water partition coefficient (Wildman–Crippen LogP) is 1.81. The molecule has 0 unspecified atom stereocenters. The van der Waals surface area contributed by atoms with Crippen molar-refractivity contribution in [3.63, 3.8) is 0 Å². The van der Waals surface area contributed by atoms with Crippen molar-refractivity contribution in [3.8, 4) is 11.5 Å². The van der Waals surface area contributed by atoms with Crippen molar-refractivity contribution in [1.29, 1.82) is 0 Å². The van der Waals surface area contributed by atoms with E-state index in [1.165, 1.54) is 4.31 Å². The zero-order chi connectivity index (χ0) is 23.2. The molecule has 1 aliphatic heterocycles. The Morgan fingerprint density at radius 3 is 2.79 bits per heavy atom. The van der Waals surface area contributed by atoms with Crippen molar-refractivity contribution < 1.29 is 13.2 Å². The molecule has 0 radical (unpaired) electrons. The minimum absolute atomic E-state index is 0.0537. The molecule has 2 aliphatic rings. The lowest BCUT2D eigenvalue weighted by molar-refractivity contribution is 0.102. The first-order valence-electron chi connectivity index (χ1n) is 10.9. The summed E-state index contributed by atoms with van der Waals surface area (Å²) in [5.74, 6) is 0.423. The van der Waals surface area contributed by atoms with E-state index in [9.17, 15) is 13.2 Å². The second-order valence-corrected chi connectivity index (χ2v) is 10.8. The van der Waals surface area contributed by atoms with Crippen LogP contribution in [0, 0.1) is 0 Å². The number of aromatic nitrogens is 6. The minimum atomic E-state index is -3.27. The van der Waals surface area contributed by atoms with Crippen molar-refractivity contribution in [2.75, 3.05) is 11.9 Å². The summed E-state index contributed by atoms with van der Waals surface area (Å²) in [6.07, 6.45) is 3.70. The topological polar surface area (TPSA) is 136 Å². The minimum Gasteiger partial charge on any atom is -0.305 e. The van der Waals surface area contributed by atoms with Gasteiger partial charge in [-0.1, -0.05) is 6.07 Å². The fourth-order valence-corrected chi connectivity index (χ4v) is 5.67. The number of nitrogens with zero attached hydrogens (tertiary/aromatic N) is 7. The number of nitrogens with one attached hydrogen (secondary N) is 1. The van der Waals surface area contributed by atoms with Crippen molar-refractivity contribution in [2.45, 2.75) is 50.9 Å². The molecule has 12 heteroatoms. The summed E-state index contributed by atoms with van der Waals surface area (Å²) in [4.78, 5) is 21.6. The Morgan fingerprint density at radius 1 is 1.21 bits per heavy atom. The van der Waals surface area contributed by atoms with E-state index in [-0.39, 0.29) is 23.5 Å². The van der Waals surface area contributed by atoms with Crippen molar-refractivity contribution in [1.82, 2.24) is 34.5 Å². The maximum atomic E-state index is 12.9. The van der Waals surface area contributed by atoms with Gasteiger partial charge in [0.2, 0.25) is 15.8 Å². The fraction of sp³-hybridized carbons (Fsp3) is 0.429. The van der Waals surface area contributed by atoms with Crippen LogP contribution in [0.1, 0.15) is 54.3 Å².